The number of benzene rings is 1. The van der Waals surface area contributed by atoms with E-state index in [-0.39, 0.29) is 18.1 Å². The average molecular weight is 429 g/mol. The van der Waals surface area contributed by atoms with E-state index < -0.39 is 10.4 Å². The molecular weight excluding hydrogens is 418 g/mol. The number of carbonyl (C=O) groups excluding carboxylic acids is 2. The van der Waals surface area contributed by atoms with Gasteiger partial charge in [-0.05, 0) is 40.1 Å². The lowest BCUT2D eigenvalue weighted by atomic mass is 9.77. The standard InChI is InChI=1S/C15H11Br2NO2S/c16-11-3-1-9(2-4-11)15(10-5-6-21-8-10)7-12(19)13(17)14(20)18-15/h1-6,8,13H,7H2,(H,18,20)/t13-,15+/m1/s1. The molecular formula is C15H11Br2NO2S. The maximum atomic E-state index is 12.2. The van der Waals surface area contributed by atoms with E-state index in [9.17, 15) is 9.59 Å². The molecule has 1 N–H and O–H groups in total. The SMILES string of the molecule is O=C1C[C@](c2ccc(Br)cc2)(c2ccsc2)NC(=O)[C@@H]1Br. The number of hydrogen-bond donors (Lipinski definition) is 1. The van der Waals surface area contributed by atoms with Crippen LogP contribution in [0.25, 0.3) is 0 Å². The highest BCUT2D eigenvalue weighted by Crippen LogP contribution is 2.38. The molecule has 3 rings (SSSR count). The van der Waals surface area contributed by atoms with Crippen LogP contribution in [0.5, 0.6) is 0 Å². The van der Waals surface area contributed by atoms with Crippen molar-refractivity contribution in [2.24, 2.45) is 0 Å². The molecule has 1 aromatic carbocycles. The largest absolute Gasteiger partial charge is 0.341 e. The maximum absolute atomic E-state index is 12.2. The topological polar surface area (TPSA) is 46.2 Å². The fourth-order valence-corrected chi connectivity index (χ4v) is 3.84. The molecule has 6 heteroatoms. The van der Waals surface area contributed by atoms with Crippen molar-refractivity contribution in [3.05, 3.63) is 56.7 Å². The quantitative estimate of drug-likeness (QED) is 0.586. The number of thiophene rings is 1. The van der Waals surface area contributed by atoms with E-state index in [1.165, 1.54) is 0 Å². The van der Waals surface area contributed by atoms with Crippen molar-refractivity contribution in [2.75, 3.05) is 0 Å². The maximum Gasteiger partial charge on any atom is 0.242 e. The van der Waals surface area contributed by atoms with Crippen LogP contribution in [0.2, 0.25) is 0 Å². The summed E-state index contributed by atoms with van der Waals surface area (Å²) in [7, 11) is 0. The van der Waals surface area contributed by atoms with Gasteiger partial charge in [-0.25, -0.2) is 0 Å². The van der Waals surface area contributed by atoms with Gasteiger partial charge in [0.25, 0.3) is 0 Å². The van der Waals surface area contributed by atoms with Crippen molar-refractivity contribution >= 4 is 54.9 Å². The monoisotopic (exact) mass is 427 g/mol. The second kappa shape index (κ2) is 5.66. The Morgan fingerprint density at radius 3 is 2.43 bits per heavy atom. The molecule has 2 atom stereocenters. The fraction of sp³-hybridized carbons (Fsp3) is 0.200. The Labute approximate surface area is 143 Å². The lowest BCUT2D eigenvalue weighted by molar-refractivity contribution is -0.132. The summed E-state index contributed by atoms with van der Waals surface area (Å²) in [5, 5.41) is 6.96. The molecule has 2 aromatic rings. The van der Waals surface area contributed by atoms with E-state index in [4.69, 9.17) is 0 Å². The smallest absolute Gasteiger partial charge is 0.242 e. The summed E-state index contributed by atoms with van der Waals surface area (Å²) in [5.41, 5.74) is 1.07. The number of alkyl halides is 1. The van der Waals surface area contributed by atoms with Gasteiger partial charge >= 0.3 is 0 Å². The molecule has 1 saturated heterocycles. The zero-order valence-electron chi connectivity index (χ0n) is 10.8. The molecule has 0 unspecified atom stereocenters. The number of hydrogen-bond acceptors (Lipinski definition) is 3. The van der Waals surface area contributed by atoms with E-state index in [1.807, 2.05) is 41.1 Å². The summed E-state index contributed by atoms with van der Waals surface area (Å²) in [6.45, 7) is 0. The van der Waals surface area contributed by atoms with Crippen LogP contribution in [-0.4, -0.2) is 16.5 Å². The number of carbonyl (C=O) groups is 2. The molecule has 1 aliphatic heterocycles. The van der Waals surface area contributed by atoms with Crippen LogP contribution in [0.1, 0.15) is 17.5 Å². The van der Waals surface area contributed by atoms with Gasteiger partial charge in [-0.1, -0.05) is 44.0 Å². The van der Waals surface area contributed by atoms with Crippen LogP contribution >= 0.6 is 43.2 Å². The van der Waals surface area contributed by atoms with E-state index in [1.54, 1.807) is 11.3 Å². The molecule has 108 valence electrons. The van der Waals surface area contributed by atoms with Crippen LogP contribution in [-0.2, 0) is 15.1 Å². The lowest BCUT2D eigenvalue weighted by Gasteiger charge is -2.39. The molecule has 0 bridgehead atoms. The minimum atomic E-state index is -0.779. The van der Waals surface area contributed by atoms with E-state index in [0.29, 0.717) is 0 Å². The summed E-state index contributed by atoms with van der Waals surface area (Å²) >= 11 is 8.11. The van der Waals surface area contributed by atoms with E-state index >= 15 is 0 Å². The highest BCUT2D eigenvalue weighted by atomic mass is 79.9. The van der Waals surface area contributed by atoms with E-state index in [2.05, 4.69) is 37.2 Å². The molecule has 0 radical (unpaired) electrons. The Kier molecular flexibility index (Phi) is 4.03. The number of nitrogens with one attached hydrogen (secondary N) is 1. The summed E-state index contributed by atoms with van der Waals surface area (Å²) < 4.78 is 0.957. The summed E-state index contributed by atoms with van der Waals surface area (Å²) in [6, 6.07) is 9.66. The first-order valence-corrected chi connectivity index (χ1v) is 8.95. The van der Waals surface area contributed by atoms with Crippen molar-refractivity contribution in [1.82, 2.24) is 5.32 Å². The Hall–Kier alpha value is -0.980. The predicted molar refractivity (Wildman–Crippen MR) is 89.7 cm³/mol. The van der Waals surface area contributed by atoms with Crippen molar-refractivity contribution in [3.63, 3.8) is 0 Å². The van der Waals surface area contributed by atoms with Crippen LogP contribution in [0.15, 0.2) is 45.6 Å². The number of Topliss-reactive ketones (excluding diaryl/α,β-unsaturated/α-hetero) is 1. The fourth-order valence-electron chi connectivity index (χ4n) is 2.57. The van der Waals surface area contributed by atoms with Crippen LogP contribution in [0.4, 0.5) is 0 Å². The van der Waals surface area contributed by atoms with Gasteiger partial charge in [0.05, 0.1) is 5.54 Å². The molecule has 3 nitrogen and oxygen atoms in total. The number of rotatable bonds is 2. The third kappa shape index (κ3) is 2.60. The van der Waals surface area contributed by atoms with Gasteiger partial charge < -0.3 is 5.32 Å². The summed E-state index contributed by atoms with van der Waals surface area (Å²) in [5.74, 6) is -0.395. The molecule has 1 amide bonds. The number of amides is 1. The van der Waals surface area contributed by atoms with Crippen LogP contribution < -0.4 is 5.32 Å². The zero-order valence-corrected chi connectivity index (χ0v) is 14.8. The minimum absolute atomic E-state index is 0.104. The first-order valence-electron chi connectivity index (χ1n) is 6.30. The average Bonchev–Trinajstić information content (AvgIpc) is 2.99. The second-order valence-electron chi connectivity index (χ2n) is 4.92. The Morgan fingerprint density at radius 1 is 1.14 bits per heavy atom. The van der Waals surface area contributed by atoms with Gasteiger partial charge in [0.2, 0.25) is 5.91 Å². The third-order valence-corrected chi connectivity index (χ3v) is 5.78. The van der Waals surface area contributed by atoms with Gasteiger partial charge in [-0.3, -0.25) is 9.59 Å². The number of ketones is 1. The summed E-state index contributed by atoms with van der Waals surface area (Å²) in [4.78, 5) is 23.6. The predicted octanol–water partition coefficient (Wildman–Crippen LogP) is 3.61. The molecule has 1 fully saturated rings. The van der Waals surface area contributed by atoms with Crippen molar-refractivity contribution in [3.8, 4) is 0 Å². The highest BCUT2D eigenvalue weighted by molar-refractivity contribution is 9.10. The van der Waals surface area contributed by atoms with Crippen molar-refractivity contribution in [2.45, 2.75) is 16.8 Å². The molecule has 0 spiro atoms. The molecule has 1 aliphatic rings. The minimum Gasteiger partial charge on any atom is -0.341 e. The van der Waals surface area contributed by atoms with Gasteiger partial charge in [0.1, 0.15) is 0 Å². The normalized spacial score (nSPS) is 25.7. The van der Waals surface area contributed by atoms with Crippen LogP contribution in [0.3, 0.4) is 0 Å². The molecule has 21 heavy (non-hydrogen) atoms. The number of halogens is 2. The van der Waals surface area contributed by atoms with Crippen molar-refractivity contribution < 1.29 is 9.59 Å². The van der Waals surface area contributed by atoms with E-state index in [0.717, 1.165) is 15.6 Å². The van der Waals surface area contributed by atoms with Gasteiger partial charge in [0.15, 0.2) is 10.6 Å². The zero-order chi connectivity index (χ0) is 15.0. The van der Waals surface area contributed by atoms with Gasteiger partial charge in [-0.15, -0.1) is 0 Å². The Balaban J connectivity index is 2.15. The van der Waals surface area contributed by atoms with Crippen LogP contribution in [0, 0.1) is 0 Å². The Morgan fingerprint density at radius 2 is 1.86 bits per heavy atom. The number of piperidine rings is 1. The Bertz CT molecular complexity index is 664. The summed E-state index contributed by atoms with van der Waals surface area (Å²) in [6.07, 6.45) is 0.243. The van der Waals surface area contributed by atoms with Gasteiger partial charge in [0, 0.05) is 10.9 Å². The third-order valence-electron chi connectivity index (χ3n) is 3.64. The molecule has 1 aromatic heterocycles. The van der Waals surface area contributed by atoms with Gasteiger partial charge in [-0.2, -0.15) is 11.3 Å². The highest BCUT2D eigenvalue weighted by Gasteiger charge is 2.46. The molecule has 0 aliphatic carbocycles. The molecule has 2 heterocycles. The first kappa shape index (κ1) is 14.9. The van der Waals surface area contributed by atoms with Crippen molar-refractivity contribution in [1.29, 1.82) is 0 Å². The molecule has 0 saturated carbocycles. The first-order chi connectivity index (χ1) is 10.0. The second-order valence-corrected chi connectivity index (χ2v) is 7.53. The lowest BCUT2D eigenvalue weighted by Crippen LogP contribution is -2.57.